The number of aliphatic carboxylic acids is 1. The highest BCUT2D eigenvalue weighted by atomic mass is 16.4. The van der Waals surface area contributed by atoms with Crippen LogP contribution in [0.2, 0.25) is 0 Å². The van der Waals surface area contributed by atoms with Crippen molar-refractivity contribution in [1.82, 2.24) is 9.88 Å². The molecule has 0 saturated carbocycles. The van der Waals surface area contributed by atoms with E-state index in [0.717, 1.165) is 31.0 Å². The van der Waals surface area contributed by atoms with Crippen LogP contribution in [0.3, 0.4) is 0 Å². The van der Waals surface area contributed by atoms with Gasteiger partial charge in [0, 0.05) is 6.42 Å². The molecular weight excluding hydrogens is 208 g/mol. The van der Waals surface area contributed by atoms with Gasteiger partial charge >= 0.3 is 5.97 Å². The zero-order chi connectivity index (χ0) is 11.5. The van der Waals surface area contributed by atoms with E-state index in [0.29, 0.717) is 6.42 Å². The summed E-state index contributed by atoms with van der Waals surface area (Å²) in [5.74, 6) is -0.0806. The third kappa shape index (κ3) is 2.41. The largest absolute Gasteiger partial charge is 0.481 e. The maximum atomic E-state index is 10.4. The summed E-state index contributed by atoms with van der Waals surface area (Å²) < 4.78 is 5.41. The van der Waals surface area contributed by atoms with Crippen LogP contribution in [0.1, 0.15) is 36.9 Å². The van der Waals surface area contributed by atoms with Gasteiger partial charge in [0.25, 0.3) is 0 Å². The van der Waals surface area contributed by atoms with Crippen molar-refractivity contribution in [3.8, 4) is 0 Å². The van der Waals surface area contributed by atoms with Gasteiger partial charge in [0.05, 0.1) is 18.2 Å². The van der Waals surface area contributed by atoms with Crippen molar-refractivity contribution in [2.45, 2.75) is 31.7 Å². The molecule has 2 rings (SSSR count). The quantitative estimate of drug-likeness (QED) is 0.838. The number of hydrogen-bond donors (Lipinski definition) is 1. The predicted octanol–water partition coefficient (Wildman–Crippen LogP) is 1.46. The smallest absolute Gasteiger partial charge is 0.303 e. The van der Waals surface area contributed by atoms with Crippen LogP contribution >= 0.6 is 0 Å². The highest BCUT2D eigenvalue weighted by Gasteiger charge is 2.26. The highest BCUT2D eigenvalue weighted by molar-refractivity contribution is 5.66. The van der Waals surface area contributed by atoms with E-state index >= 15 is 0 Å². The maximum Gasteiger partial charge on any atom is 0.303 e. The number of aromatic nitrogens is 1. The van der Waals surface area contributed by atoms with Crippen LogP contribution < -0.4 is 0 Å². The Hall–Kier alpha value is -1.36. The van der Waals surface area contributed by atoms with Crippen LogP contribution in [0.4, 0.5) is 0 Å². The second-order valence-corrected chi connectivity index (χ2v) is 4.21. The fourth-order valence-electron chi connectivity index (χ4n) is 2.05. The minimum Gasteiger partial charge on any atom is -0.481 e. The first-order chi connectivity index (χ1) is 7.66. The Kier molecular flexibility index (Phi) is 3.24. The van der Waals surface area contributed by atoms with Crippen molar-refractivity contribution < 1.29 is 14.3 Å². The van der Waals surface area contributed by atoms with E-state index in [1.165, 1.54) is 0 Å². The summed E-state index contributed by atoms with van der Waals surface area (Å²) in [6, 6.07) is 0.263. The standard InChI is InChI=1S/C11H16N2O3/c1-13-6-2-3-9(13)11-12-8(7-16-11)4-5-10(14)15/h7,9H,2-6H2,1H3,(H,14,15). The highest BCUT2D eigenvalue weighted by Crippen LogP contribution is 2.29. The number of carboxylic acid groups (broad SMARTS) is 1. The molecule has 1 unspecified atom stereocenters. The summed E-state index contributed by atoms with van der Waals surface area (Å²) in [7, 11) is 2.05. The molecule has 0 amide bonds. The summed E-state index contributed by atoms with van der Waals surface area (Å²) in [4.78, 5) is 17.0. The number of carboxylic acids is 1. The van der Waals surface area contributed by atoms with E-state index in [1.54, 1.807) is 6.26 Å². The van der Waals surface area contributed by atoms with E-state index in [-0.39, 0.29) is 12.5 Å². The Labute approximate surface area is 94.1 Å². The normalized spacial score (nSPS) is 21.4. The molecule has 1 fully saturated rings. The molecule has 16 heavy (non-hydrogen) atoms. The van der Waals surface area contributed by atoms with Crippen molar-refractivity contribution in [3.05, 3.63) is 17.8 Å². The van der Waals surface area contributed by atoms with Crippen molar-refractivity contribution in [2.75, 3.05) is 13.6 Å². The van der Waals surface area contributed by atoms with Gasteiger partial charge in [-0.05, 0) is 26.4 Å². The van der Waals surface area contributed by atoms with Crippen LogP contribution in [-0.4, -0.2) is 34.6 Å². The van der Waals surface area contributed by atoms with Gasteiger partial charge < -0.3 is 9.52 Å². The maximum absolute atomic E-state index is 10.4. The Morgan fingerprint density at radius 2 is 2.56 bits per heavy atom. The van der Waals surface area contributed by atoms with Crippen LogP contribution in [0.5, 0.6) is 0 Å². The van der Waals surface area contributed by atoms with Crippen LogP contribution in [0, 0.1) is 0 Å². The molecule has 1 saturated heterocycles. The monoisotopic (exact) mass is 224 g/mol. The zero-order valence-electron chi connectivity index (χ0n) is 9.35. The van der Waals surface area contributed by atoms with Gasteiger partial charge in [0.1, 0.15) is 6.26 Å². The lowest BCUT2D eigenvalue weighted by Crippen LogP contribution is -2.17. The summed E-state index contributed by atoms with van der Waals surface area (Å²) >= 11 is 0. The fourth-order valence-corrected chi connectivity index (χ4v) is 2.05. The Balaban J connectivity index is 1.99. The summed E-state index contributed by atoms with van der Waals surface area (Å²) in [6.45, 7) is 1.07. The number of nitrogens with zero attached hydrogens (tertiary/aromatic N) is 2. The molecule has 2 heterocycles. The molecule has 1 N–H and O–H groups in total. The SMILES string of the molecule is CN1CCCC1c1nc(CCC(=O)O)co1. The van der Waals surface area contributed by atoms with Gasteiger partial charge in [0.15, 0.2) is 0 Å². The fraction of sp³-hybridized carbons (Fsp3) is 0.636. The molecule has 88 valence electrons. The van der Waals surface area contributed by atoms with E-state index in [2.05, 4.69) is 16.9 Å². The van der Waals surface area contributed by atoms with Gasteiger partial charge in [-0.25, -0.2) is 4.98 Å². The predicted molar refractivity (Wildman–Crippen MR) is 57.1 cm³/mol. The minimum absolute atomic E-state index is 0.104. The molecular formula is C11H16N2O3. The average Bonchev–Trinajstić information content (AvgIpc) is 2.83. The van der Waals surface area contributed by atoms with Crippen LogP contribution in [0.15, 0.2) is 10.7 Å². The number of hydrogen-bond acceptors (Lipinski definition) is 4. The molecule has 5 nitrogen and oxygen atoms in total. The molecule has 0 aromatic carbocycles. The number of carbonyl (C=O) groups is 1. The Morgan fingerprint density at radius 3 is 3.19 bits per heavy atom. The first kappa shape index (κ1) is 11.1. The molecule has 0 spiro atoms. The van der Waals surface area contributed by atoms with Gasteiger partial charge in [-0.3, -0.25) is 9.69 Å². The van der Waals surface area contributed by atoms with Crippen LogP contribution in [-0.2, 0) is 11.2 Å². The van der Waals surface area contributed by atoms with Crippen molar-refractivity contribution >= 4 is 5.97 Å². The third-order valence-corrected chi connectivity index (χ3v) is 2.97. The molecule has 0 bridgehead atoms. The van der Waals surface area contributed by atoms with E-state index < -0.39 is 5.97 Å². The Bertz CT molecular complexity index is 375. The van der Waals surface area contributed by atoms with Gasteiger partial charge in [-0.15, -0.1) is 0 Å². The topological polar surface area (TPSA) is 66.6 Å². The number of likely N-dealkylation sites (tertiary alicyclic amines) is 1. The average molecular weight is 224 g/mol. The van der Waals surface area contributed by atoms with Crippen molar-refractivity contribution in [3.63, 3.8) is 0 Å². The molecule has 5 heteroatoms. The van der Waals surface area contributed by atoms with Gasteiger partial charge in [-0.1, -0.05) is 0 Å². The number of rotatable bonds is 4. The summed E-state index contributed by atoms with van der Waals surface area (Å²) in [6.07, 6.45) is 4.34. The number of aryl methyl sites for hydroxylation is 1. The molecule has 0 radical (unpaired) electrons. The molecule has 1 aromatic rings. The molecule has 1 atom stereocenters. The first-order valence-corrected chi connectivity index (χ1v) is 5.53. The lowest BCUT2D eigenvalue weighted by atomic mass is 10.2. The van der Waals surface area contributed by atoms with Crippen LogP contribution in [0.25, 0.3) is 0 Å². The second kappa shape index (κ2) is 4.65. The molecule has 0 aliphatic carbocycles. The lowest BCUT2D eigenvalue weighted by molar-refractivity contribution is -0.136. The summed E-state index contributed by atoms with van der Waals surface area (Å²) in [5, 5.41) is 8.57. The summed E-state index contributed by atoms with van der Waals surface area (Å²) in [5.41, 5.74) is 0.734. The molecule has 1 aliphatic heterocycles. The zero-order valence-corrected chi connectivity index (χ0v) is 9.35. The Morgan fingerprint density at radius 1 is 1.75 bits per heavy atom. The third-order valence-electron chi connectivity index (χ3n) is 2.97. The first-order valence-electron chi connectivity index (χ1n) is 5.53. The van der Waals surface area contributed by atoms with Crippen molar-refractivity contribution in [1.29, 1.82) is 0 Å². The van der Waals surface area contributed by atoms with Gasteiger partial charge in [0.2, 0.25) is 5.89 Å². The lowest BCUT2D eigenvalue weighted by Gasteiger charge is -2.14. The number of oxazole rings is 1. The van der Waals surface area contributed by atoms with E-state index in [4.69, 9.17) is 9.52 Å². The van der Waals surface area contributed by atoms with E-state index in [9.17, 15) is 4.79 Å². The van der Waals surface area contributed by atoms with Gasteiger partial charge in [-0.2, -0.15) is 0 Å². The van der Waals surface area contributed by atoms with E-state index in [1.807, 2.05) is 0 Å². The second-order valence-electron chi connectivity index (χ2n) is 4.21. The minimum atomic E-state index is -0.803. The molecule has 1 aromatic heterocycles. The van der Waals surface area contributed by atoms with Crippen molar-refractivity contribution in [2.24, 2.45) is 0 Å². The molecule has 1 aliphatic rings.